The van der Waals surface area contributed by atoms with E-state index >= 15 is 0 Å². The standard InChI is InChI=1S/C20H32N4O2S2.HI/c1-4-5-11-25-13-14-26-12-10-23-20(21-3)22-9-8-17-6-7-19(28-17)18-15-27-16(2)24-18;/h6-7,15H,4-5,8-14H2,1-3H3,(H2,21,22,23);1H. The minimum atomic E-state index is 0. The molecule has 0 aliphatic rings. The van der Waals surface area contributed by atoms with Crippen molar-refractivity contribution in [3.8, 4) is 10.6 Å². The normalized spacial score (nSPS) is 11.3. The van der Waals surface area contributed by atoms with Crippen molar-refractivity contribution in [3.63, 3.8) is 0 Å². The predicted octanol–water partition coefficient (Wildman–Crippen LogP) is 4.34. The zero-order valence-corrected chi connectivity index (χ0v) is 21.5. The van der Waals surface area contributed by atoms with Gasteiger partial charge in [-0.15, -0.1) is 46.7 Å². The lowest BCUT2D eigenvalue weighted by atomic mass is 10.3. The van der Waals surface area contributed by atoms with Gasteiger partial charge in [-0.2, -0.15) is 0 Å². The number of halogens is 1. The molecule has 0 aromatic carbocycles. The van der Waals surface area contributed by atoms with Crippen LogP contribution in [0.5, 0.6) is 0 Å². The average molecular weight is 553 g/mol. The van der Waals surface area contributed by atoms with Crippen LogP contribution in [0, 0.1) is 6.92 Å². The first-order valence-electron chi connectivity index (χ1n) is 9.84. The molecule has 0 aliphatic carbocycles. The van der Waals surface area contributed by atoms with E-state index < -0.39 is 0 Å². The second-order valence-electron chi connectivity index (χ2n) is 6.27. The van der Waals surface area contributed by atoms with E-state index in [0.29, 0.717) is 19.8 Å². The monoisotopic (exact) mass is 552 g/mol. The fourth-order valence-electron chi connectivity index (χ4n) is 2.46. The Balaban J connectivity index is 0.00000420. The Morgan fingerprint density at radius 3 is 2.55 bits per heavy atom. The van der Waals surface area contributed by atoms with E-state index in [-0.39, 0.29) is 24.0 Å². The Morgan fingerprint density at radius 2 is 1.86 bits per heavy atom. The summed E-state index contributed by atoms with van der Waals surface area (Å²) in [5.41, 5.74) is 1.08. The number of nitrogens with zero attached hydrogens (tertiary/aromatic N) is 2. The van der Waals surface area contributed by atoms with Gasteiger partial charge in [-0.1, -0.05) is 13.3 Å². The minimum absolute atomic E-state index is 0. The average Bonchev–Trinajstić information content (AvgIpc) is 3.34. The van der Waals surface area contributed by atoms with Crippen LogP contribution in [0.4, 0.5) is 0 Å². The molecule has 0 amide bonds. The van der Waals surface area contributed by atoms with Gasteiger partial charge in [0.25, 0.3) is 0 Å². The van der Waals surface area contributed by atoms with E-state index in [1.54, 1.807) is 29.7 Å². The molecule has 164 valence electrons. The smallest absolute Gasteiger partial charge is 0.191 e. The van der Waals surface area contributed by atoms with Crippen molar-refractivity contribution in [2.45, 2.75) is 33.1 Å². The van der Waals surface area contributed by atoms with Gasteiger partial charge in [0.2, 0.25) is 0 Å². The van der Waals surface area contributed by atoms with Crippen LogP contribution in [-0.2, 0) is 15.9 Å². The number of thiazole rings is 1. The zero-order valence-electron chi connectivity index (χ0n) is 17.5. The molecule has 0 fully saturated rings. The summed E-state index contributed by atoms with van der Waals surface area (Å²) in [7, 11) is 1.78. The fraction of sp³-hybridized carbons (Fsp3) is 0.600. The third kappa shape index (κ3) is 10.7. The van der Waals surface area contributed by atoms with Crippen LogP contribution in [0.25, 0.3) is 10.6 Å². The summed E-state index contributed by atoms with van der Waals surface area (Å²) >= 11 is 3.50. The fourth-order valence-corrected chi connectivity index (χ4v) is 4.12. The van der Waals surface area contributed by atoms with Crippen LogP contribution < -0.4 is 10.6 Å². The third-order valence-electron chi connectivity index (χ3n) is 3.97. The van der Waals surface area contributed by atoms with Gasteiger partial charge in [-0.05, 0) is 31.9 Å². The lowest BCUT2D eigenvalue weighted by Gasteiger charge is -2.11. The quantitative estimate of drug-likeness (QED) is 0.168. The lowest BCUT2D eigenvalue weighted by Crippen LogP contribution is -2.39. The first-order valence-corrected chi connectivity index (χ1v) is 11.5. The first-order chi connectivity index (χ1) is 13.7. The Bertz CT molecular complexity index is 706. The molecule has 6 nitrogen and oxygen atoms in total. The van der Waals surface area contributed by atoms with Gasteiger partial charge in [-0.25, -0.2) is 4.98 Å². The molecule has 2 N–H and O–H groups in total. The van der Waals surface area contributed by atoms with Gasteiger partial charge >= 0.3 is 0 Å². The van der Waals surface area contributed by atoms with Gasteiger partial charge in [0.05, 0.1) is 35.4 Å². The summed E-state index contributed by atoms with van der Waals surface area (Å²) in [5, 5.41) is 9.84. The highest BCUT2D eigenvalue weighted by atomic mass is 127. The Kier molecular flexibility index (Phi) is 14.5. The molecule has 0 saturated heterocycles. The zero-order chi connectivity index (χ0) is 20.0. The summed E-state index contributed by atoms with van der Waals surface area (Å²) in [6.45, 7) is 8.52. The number of ether oxygens (including phenoxy) is 2. The maximum atomic E-state index is 5.56. The number of thiophene rings is 1. The van der Waals surface area contributed by atoms with Crippen molar-refractivity contribution >= 4 is 52.6 Å². The van der Waals surface area contributed by atoms with Crippen LogP contribution in [-0.4, -0.2) is 57.5 Å². The van der Waals surface area contributed by atoms with Crippen molar-refractivity contribution in [1.82, 2.24) is 15.6 Å². The molecular formula is C20H33IN4O2S2. The second kappa shape index (κ2) is 16.0. The summed E-state index contributed by atoms with van der Waals surface area (Å²) in [4.78, 5) is 11.4. The first kappa shape index (κ1) is 26.3. The molecule has 0 saturated carbocycles. The van der Waals surface area contributed by atoms with E-state index in [0.717, 1.165) is 55.6 Å². The molecule has 2 rings (SSSR count). The number of aliphatic imine (C=N–C) groups is 1. The van der Waals surface area contributed by atoms with E-state index in [1.165, 1.54) is 9.75 Å². The van der Waals surface area contributed by atoms with Crippen molar-refractivity contribution < 1.29 is 9.47 Å². The molecule has 9 heteroatoms. The highest BCUT2D eigenvalue weighted by molar-refractivity contribution is 14.0. The van der Waals surface area contributed by atoms with Gasteiger partial charge in [-0.3, -0.25) is 4.99 Å². The van der Waals surface area contributed by atoms with Crippen molar-refractivity contribution in [3.05, 3.63) is 27.4 Å². The number of hydrogen-bond donors (Lipinski definition) is 2. The number of rotatable bonds is 13. The third-order valence-corrected chi connectivity index (χ3v) is 5.91. The van der Waals surface area contributed by atoms with Crippen molar-refractivity contribution in [2.75, 3.05) is 46.6 Å². The molecule has 0 radical (unpaired) electrons. The molecule has 0 aliphatic heterocycles. The van der Waals surface area contributed by atoms with Crippen molar-refractivity contribution in [2.24, 2.45) is 4.99 Å². The summed E-state index contributed by atoms with van der Waals surface area (Å²) < 4.78 is 11.0. The van der Waals surface area contributed by atoms with Crippen LogP contribution in [0.3, 0.4) is 0 Å². The van der Waals surface area contributed by atoms with Gasteiger partial charge in [0.15, 0.2) is 5.96 Å². The molecular weight excluding hydrogens is 519 g/mol. The largest absolute Gasteiger partial charge is 0.379 e. The highest BCUT2D eigenvalue weighted by Gasteiger charge is 2.06. The van der Waals surface area contributed by atoms with E-state index in [2.05, 4.69) is 45.0 Å². The molecule has 0 atom stereocenters. The van der Waals surface area contributed by atoms with Crippen LogP contribution in [0.15, 0.2) is 22.5 Å². The van der Waals surface area contributed by atoms with E-state index in [1.807, 2.05) is 6.92 Å². The summed E-state index contributed by atoms with van der Waals surface area (Å²) in [5.74, 6) is 0.801. The van der Waals surface area contributed by atoms with E-state index in [9.17, 15) is 0 Å². The number of guanidine groups is 1. The number of aromatic nitrogens is 1. The van der Waals surface area contributed by atoms with Gasteiger partial charge in [0.1, 0.15) is 0 Å². The molecule has 2 aromatic rings. The van der Waals surface area contributed by atoms with Crippen LogP contribution >= 0.6 is 46.7 Å². The summed E-state index contributed by atoms with van der Waals surface area (Å²) in [6, 6.07) is 4.34. The second-order valence-corrected chi connectivity index (χ2v) is 8.50. The molecule has 2 heterocycles. The lowest BCUT2D eigenvalue weighted by molar-refractivity contribution is 0.0487. The van der Waals surface area contributed by atoms with Crippen LogP contribution in [0.2, 0.25) is 0 Å². The number of nitrogens with one attached hydrogen (secondary N) is 2. The number of unbranched alkanes of at least 4 members (excludes halogenated alkanes) is 1. The predicted molar refractivity (Wildman–Crippen MR) is 135 cm³/mol. The maximum Gasteiger partial charge on any atom is 0.191 e. The van der Waals surface area contributed by atoms with Gasteiger partial charge in [0, 0.05) is 37.0 Å². The molecule has 29 heavy (non-hydrogen) atoms. The Morgan fingerprint density at radius 1 is 1.10 bits per heavy atom. The molecule has 0 unspecified atom stereocenters. The summed E-state index contributed by atoms with van der Waals surface area (Å²) in [6.07, 6.45) is 3.23. The van der Waals surface area contributed by atoms with E-state index in [4.69, 9.17) is 9.47 Å². The highest BCUT2D eigenvalue weighted by Crippen LogP contribution is 2.29. The topological polar surface area (TPSA) is 67.8 Å². The SMILES string of the molecule is CCCCOCCOCCNC(=NC)NCCc1ccc(-c2csc(C)n2)s1.I. The Labute approximate surface area is 199 Å². The molecule has 2 aromatic heterocycles. The molecule has 0 bridgehead atoms. The number of aryl methyl sites for hydroxylation is 1. The number of hydrogen-bond acceptors (Lipinski definition) is 6. The minimum Gasteiger partial charge on any atom is -0.379 e. The van der Waals surface area contributed by atoms with Crippen molar-refractivity contribution in [1.29, 1.82) is 0 Å². The molecule has 0 spiro atoms. The van der Waals surface area contributed by atoms with Crippen LogP contribution in [0.1, 0.15) is 29.7 Å². The Hall–Kier alpha value is -0.750. The van der Waals surface area contributed by atoms with Gasteiger partial charge < -0.3 is 20.1 Å². The maximum absolute atomic E-state index is 5.56.